The van der Waals surface area contributed by atoms with Gasteiger partial charge in [-0.3, -0.25) is 4.79 Å². The largest absolute Gasteiger partial charge is 0.495 e. The highest BCUT2D eigenvalue weighted by Gasteiger charge is 2.30. The van der Waals surface area contributed by atoms with E-state index in [1.165, 1.54) is 23.5 Å². The average Bonchev–Trinajstić information content (AvgIpc) is 2.59. The molecule has 1 aromatic rings. The van der Waals surface area contributed by atoms with Gasteiger partial charge in [-0.15, -0.1) is 0 Å². The summed E-state index contributed by atoms with van der Waals surface area (Å²) in [5.41, 5.74) is 0. The molecule has 2 rings (SSSR count). The van der Waals surface area contributed by atoms with E-state index < -0.39 is 10.0 Å². The predicted octanol–water partition coefficient (Wildman–Crippen LogP) is 2.28. The lowest BCUT2D eigenvalue weighted by atomic mass is 9.94. The summed E-state index contributed by atoms with van der Waals surface area (Å²) in [5, 5.41) is 2.86. The fourth-order valence-corrected chi connectivity index (χ4v) is 4.80. The van der Waals surface area contributed by atoms with Gasteiger partial charge in [0.25, 0.3) is 0 Å². The molecule has 1 aliphatic rings. The van der Waals surface area contributed by atoms with Gasteiger partial charge in [0.2, 0.25) is 15.9 Å². The molecule has 0 bridgehead atoms. The Morgan fingerprint density at radius 3 is 2.83 bits per heavy atom. The molecule has 0 spiro atoms. The number of sulfonamides is 1. The molecule has 1 N–H and O–H groups in total. The summed E-state index contributed by atoms with van der Waals surface area (Å²) in [6.07, 6.45) is 2.84. The van der Waals surface area contributed by atoms with Gasteiger partial charge in [0, 0.05) is 26.6 Å². The molecule has 0 aromatic heterocycles. The average molecular weight is 375 g/mol. The van der Waals surface area contributed by atoms with Gasteiger partial charge in [0.1, 0.15) is 5.75 Å². The summed E-state index contributed by atoms with van der Waals surface area (Å²) in [4.78, 5) is 11.5. The fourth-order valence-electron chi connectivity index (χ4n) is 2.90. The van der Waals surface area contributed by atoms with E-state index in [1.807, 2.05) is 0 Å². The van der Waals surface area contributed by atoms with Crippen molar-refractivity contribution in [2.24, 2.45) is 5.92 Å². The quantitative estimate of drug-likeness (QED) is 0.828. The molecule has 1 aromatic carbocycles. The summed E-state index contributed by atoms with van der Waals surface area (Å²) in [5.74, 6) is 0.620. The number of benzene rings is 1. The van der Waals surface area contributed by atoms with E-state index in [0.29, 0.717) is 31.7 Å². The lowest BCUT2D eigenvalue weighted by molar-refractivity contribution is -0.120. The van der Waals surface area contributed by atoms with Gasteiger partial charge in [-0.05, 0) is 43.4 Å². The van der Waals surface area contributed by atoms with Crippen molar-refractivity contribution in [1.82, 2.24) is 9.62 Å². The Hall–Kier alpha value is -1.31. The smallest absolute Gasteiger partial charge is 0.243 e. The van der Waals surface area contributed by atoms with Gasteiger partial charge in [0.15, 0.2) is 0 Å². The molecule has 1 aliphatic heterocycles. The summed E-state index contributed by atoms with van der Waals surface area (Å²) < 4.78 is 32.2. The van der Waals surface area contributed by atoms with E-state index in [4.69, 9.17) is 16.3 Å². The second-order valence-electron chi connectivity index (χ2n) is 5.88. The zero-order valence-electron chi connectivity index (χ0n) is 13.9. The van der Waals surface area contributed by atoms with E-state index in [-0.39, 0.29) is 21.7 Å². The van der Waals surface area contributed by atoms with Gasteiger partial charge in [-0.25, -0.2) is 8.42 Å². The van der Waals surface area contributed by atoms with Crippen LogP contribution in [0.1, 0.15) is 25.7 Å². The summed E-state index contributed by atoms with van der Waals surface area (Å²) in [7, 11) is -0.506. The third kappa shape index (κ3) is 4.40. The lowest BCUT2D eigenvalue weighted by Gasteiger charge is -2.32. The maximum Gasteiger partial charge on any atom is 0.243 e. The van der Waals surface area contributed by atoms with Crippen LogP contribution in [0.4, 0.5) is 0 Å². The highest BCUT2D eigenvalue weighted by molar-refractivity contribution is 7.89. The Morgan fingerprint density at radius 2 is 2.21 bits per heavy atom. The van der Waals surface area contributed by atoms with Crippen LogP contribution in [0, 0.1) is 5.92 Å². The van der Waals surface area contributed by atoms with Gasteiger partial charge in [0.05, 0.1) is 17.0 Å². The first kappa shape index (κ1) is 19.0. The fraction of sp³-hybridized carbons (Fsp3) is 0.562. The van der Waals surface area contributed by atoms with Crippen LogP contribution in [-0.4, -0.2) is 45.9 Å². The van der Waals surface area contributed by atoms with Crippen LogP contribution in [0.25, 0.3) is 0 Å². The van der Waals surface area contributed by atoms with Crippen LogP contribution < -0.4 is 10.1 Å². The standard InChI is InChI=1S/C16H23ClN2O4S/c1-18-16(20)8-5-12-4-3-9-19(11-12)24(21,22)13-6-7-15(23-2)14(17)10-13/h6-7,10,12H,3-5,8-9,11H2,1-2H3,(H,18,20). The molecular formula is C16H23ClN2O4S. The van der Waals surface area contributed by atoms with Crippen LogP contribution in [0.2, 0.25) is 5.02 Å². The number of hydrogen-bond donors (Lipinski definition) is 1. The molecule has 1 heterocycles. The highest BCUT2D eigenvalue weighted by Crippen LogP contribution is 2.30. The summed E-state index contributed by atoms with van der Waals surface area (Å²) in [6.45, 7) is 0.922. The van der Waals surface area contributed by atoms with Crippen molar-refractivity contribution in [2.75, 3.05) is 27.2 Å². The number of rotatable bonds is 6. The number of piperidine rings is 1. The Bertz CT molecular complexity index is 693. The minimum Gasteiger partial charge on any atom is -0.495 e. The zero-order valence-corrected chi connectivity index (χ0v) is 15.5. The minimum absolute atomic E-state index is 0.0167. The topological polar surface area (TPSA) is 75.7 Å². The normalized spacial score (nSPS) is 19.0. The maximum atomic E-state index is 12.8. The zero-order chi connectivity index (χ0) is 17.7. The molecule has 1 atom stereocenters. The molecule has 0 radical (unpaired) electrons. The van der Waals surface area contributed by atoms with Crippen LogP contribution in [0.15, 0.2) is 23.1 Å². The predicted molar refractivity (Wildman–Crippen MR) is 92.8 cm³/mol. The molecule has 1 amide bonds. The molecule has 1 saturated heterocycles. The number of nitrogens with one attached hydrogen (secondary N) is 1. The molecule has 0 saturated carbocycles. The highest BCUT2D eigenvalue weighted by atomic mass is 35.5. The third-order valence-corrected chi connectivity index (χ3v) is 6.46. The number of amides is 1. The number of nitrogens with zero attached hydrogens (tertiary/aromatic N) is 1. The molecule has 6 nitrogen and oxygen atoms in total. The SMILES string of the molecule is CNC(=O)CCC1CCCN(S(=O)(=O)c2ccc(OC)c(Cl)c2)C1. The van der Waals surface area contributed by atoms with Gasteiger partial charge >= 0.3 is 0 Å². The van der Waals surface area contributed by atoms with Crippen LogP contribution in [0.3, 0.4) is 0 Å². The van der Waals surface area contributed by atoms with Crippen LogP contribution >= 0.6 is 11.6 Å². The maximum absolute atomic E-state index is 12.8. The number of hydrogen-bond acceptors (Lipinski definition) is 4. The van der Waals surface area contributed by atoms with E-state index in [2.05, 4.69) is 5.32 Å². The van der Waals surface area contributed by atoms with Crippen LogP contribution in [-0.2, 0) is 14.8 Å². The first-order valence-corrected chi connectivity index (χ1v) is 9.74. The van der Waals surface area contributed by atoms with E-state index in [0.717, 1.165) is 12.8 Å². The van der Waals surface area contributed by atoms with E-state index in [9.17, 15) is 13.2 Å². The van der Waals surface area contributed by atoms with Crippen molar-refractivity contribution < 1.29 is 17.9 Å². The molecule has 1 unspecified atom stereocenters. The van der Waals surface area contributed by atoms with Gasteiger partial charge in [-0.1, -0.05) is 11.6 Å². The van der Waals surface area contributed by atoms with Gasteiger partial charge in [-0.2, -0.15) is 4.31 Å². The monoisotopic (exact) mass is 374 g/mol. The number of carbonyl (C=O) groups excluding carboxylic acids is 1. The minimum atomic E-state index is -3.59. The molecule has 134 valence electrons. The number of methoxy groups -OCH3 is 1. The Balaban J connectivity index is 2.11. The molecule has 24 heavy (non-hydrogen) atoms. The Labute approximate surface area is 148 Å². The van der Waals surface area contributed by atoms with Crippen molar-refractivity contribution in [2.45, 2.75) is 30.6 Å². The third-order valence-electron chi connectivity index (χ3n) is 4.30. The summed E-state index contributed by atoms with van der Waals surface area (Å²) >= 11 is 6.05. The van der Waals surface area contributed by atoms with Crippen molar-refractivity contribution in [1.29, 1.82) is 0 Å². The number of halogens is 1. The Kier molecular flexibility index (Phi) is 6.48. The van der Waals surface area contributed by atoms with Crippen LogP contribution in [0.5, 0.6) is 5.75 Å². The molecular weight excluding hydrogens is 352 g/mol. The number of carbonyl (C=O) groups is 1. The van der Waals surface area contributed by atoms with Gasteiger partial charge < -0.3 is 10.1 Å². The molecule has 1 fully saturated rings. The first-order chi connectivity index (χ1) is 11.4. The lowest BCUT2D eigenvalue weighted by Crippen LogP contribution is -2.40. The van der Waals surface area contributed by atoms with E-state index >= 15 is 0 Å². The molecule has 0 aliphatic carbocycles. The second kappa shape index (κ2) is 8.18. The molecule has 8 heteroatoms. The first-order valence-electron chi connectivity index (χ1n) is 7.92. The van der Waals surface area contributed by atoms with Crippen molar-refractivity contribution in [3.8, 4) is 5.75 Å². The van der Waals surface area contributed by atoms with Crippen molar-refractivity contribution >= 4 is 27.5 Å². The van der Waals surface area contributed by atoms with Crippen molar-refractivity contribution in [3.05, 3.63) is 23.2 Å². The van der Waals surface area contributed by atoms with Crippen molar-refractivity contribution in [3.63, 3.8) is 0 Å². The summed E-state index contributed by atoms with van der Waals surface area (Å²) in [6, 6.07) is 4.49. The number of ether oxygens (including phenoxy) is 1. The second-order valence-corrected chi connectivity index (χ2v) is 8.22. The van der Waals surface area contributed by atoms with E-state index in [1.54, 1.807) is 13.1 Å². The Morgan fingerprint density at radius 1 is 1.46 bits per heavy atom.